The van der Waals surface area contributed by atoms with Crippen molar-refractivity contribution in [1.29, 1.82) is 0 Å². The fourth-order valence-corrected chi connectivity index (χ4v) is 1.96. The molecule has 0 bridgehead atoms. The van der Waals surface area contributed by atoms with E-state index in [0.29, 0.717) is 5.92 Å². The fourth-order valence-electron chi connectivity index (χ4n) is 1.76. The van der Waals surface area contributed by atoms with E-state index in [1.165, 1.54) is 0 Å². The second kappa shape index (κ2) is 5.34. The number of halogens is 1. The Morgan fingerprint density at radius 3 is 2.67 bits per heavy atom. The van der Waals surface area contributed by atoms with Gasteiger partial charge in [-0.25, -0.2) is 0 Å². The number of ether oxygens (including phenoxy) is 1. The van der Waals surface area contributed by atoms with Gasteiger partial charge in [0.25, 0.3) is 0 Å². The molecule has 0 atom stereocenters. The maximum Gasteiger partial charge on any atom is 0.0478 e. The third-order valence-corrected chi connectivity index (χ3v) is 3.06. The predicted molar refractivity (Wildman–Crippen MR) is 64.0 cm³/mol. The summed E-state index contributed by atoms with van der Waals surface area (Å²) in [7, 11) is 0. The van der Waals surface area contributed by atoms with Crippen LogP contribution in [-0.2, 0) is 4.74 Å². The Balaban J connectivity index is 2.01. The zero-order valence-electron chi connectivity index (χ0n) is 8.66. The minimum atomic E-state index is 0.648. The highest BCUT2D eigenvalue weighted by atomic mass is 35.5. The first-order valence-electron chi connectivity index (χ1n) is 5.37. The summed E-state index contributed by atoms with van der Waals surface area (Å²) in [4.78, 5) is 0. The van der Waals surface area contributed by atoms with Crippen molar-refractivity contribution in [1.82, 2.24) is 0 Å². The Hall–Kier alpha value is -0.790. The molecule has 0 N–H and O–H groups in total. The van der Waals surface area contributed by atoms with Crippen LogP contribution in [0.2, 0.25) is 5.02 Å². The van der Waals surface area contributed by atoms with Gasteiger partial charge in [-0.1, -0.05) is 42.0 Å². The Bertz CT molecular complexity index is 340. The molecule has 1 aromatic carbocycles. The normalized spacial score (nSPS) is 18.5. The molecule has 1 fully saturated rings. The molecule has 1 aliphatic heterocycles. The molecule has 0 saturated carbocycles. The van der Waals surface area contributed by atoms with E-state index in [9.17, 15) is 0 Å². The third-order valence-electron chi connectivity index (χ3n) is 2.72. The van der Waals surface area contributed by atoms with Gasteiger partial charge < -0.3 is 4.74 Å². The average Bonchev–Trinajstić information content (AvgIpc) is 2.29. The van der Waals surface area contributed by atoms with E-state index in [1.54, 1.807) is 0 Å². The molecule has 0 aromatic heterocycles. The third kappa shape index (κ3) is 3.08. The molecule has 0 aliphatic carbocycles. The SMILES string of the molecule is Clc1ccccc1C=CC1CCOCC1. The van der Waals surface area contributed by atoms with Crippen LogP contribution in [0.15, 0.2) is 30.3 Å². The Labute approximate surface area is 95.7 Å². The first kappa shape index (κ1) is 10.7. The summed E-state index contributed by atoms with van der Waals surface area (Å²) in [5.74, 6) is 0.648. The number of hydrogen-bond acceptors (Lipinski definition) is 1. The van der Waals surface area contributed by atoms with Crippen LogP contribution >= 0.6 is 11.6 Å². The molecule has 0 unspecified atom stereocenters. The molecule has 1 aliphatic rings. The Morgan fingerprint density at radius 2 is 1.93 bits per heavy atom. The van der Waals surface area contributed by atoms with Gasteiger partial charge in [0.1, 0.15) is 0 Å². The van der Waals surface area contributed by atoms with Gasteiger partial charge >= 0.3 is 0 Å². The number of benzene rings is 1. The largest absolute Gasteiger partial charge is 0.381 e. The lowest BCUT2D eigenvalue weighted by Gasteiger charge is -2.18. The fraction of sp³-hybridized carbons (Fsp3) is 0.385. The van der Waals surface area contributed by atoms with Crippen LogP contribution in [0, 0.1) is 5.92 Å². The van der Waals surface area contributed by atoms with E-state index in [4.69, 9.17) is 16.3 Å². The number of rotatable bonds is 2. The van der Waals surface area contributed by atoms with Gasteiger partial charge in [-0.05, 0) is 30.4 Å². The Kier molecular flexibility index (Phi) is 3.81. The van der Waals surface area contributed by atoms with Crippen LogP contribution in [-0.4, -0.2) is 13.2 Å². The summed E-state index contributed by atoms with van der Waals surface area (Å²) >= 11 is 6.07. The molecule has 2 rings (SSSR count). The van der Waals surface area contributed by atoms with Crippen molar-refractivity contribution in [2.75, 3.05) is 13.2 Å². The van der Waals surface area contributed by atoms with E-state index in [0.717, 1.165) is 36.6 Å². The van der Waals surface area contributed by atoms with E-state index in [1.807, 2.05) is 24.3 Å². The number of allylic oxidation sites excluding steroid dienone is 1. The second-order valence-corrected chi connectivity index (χ2v) is 4.24. The van der Waals surface area contributed by atoms with E-state index in [2.05, 4.69) is 12.2 Å². The summed E-state index contributed by atoms with van der Waals surface area (Å²) in [6.07, 6.45) is 6.63. The topological polar surface area (TPSA) is 9.23 Å². The van der Waals surface area contributed by atoms with Gasteiger partial charge in [0.05, 0.1) is 0 Å². The molecule has 1 saturated heterocycles. The Morgan fingerprint density at radius 1 is 1.20 bits per heavy atom. The molecule has 1 aromatic rings. The van der Waals surface area contributed by atoms with Gasteiger partial charge in [0, 0.05) is 18.2 Å². The maximum absolute atomic E-state index is 6.07. The van der Waals surface area contributed by atoms with Crippen LogP contribution in [0.4, 0.5) is 0 Å². The minimum Gasteiger partial charge on any atom is -0.381 e. The highest BCUT2D eigenvalue weighted by Crippen LogP contribution is 2.20. The van der Waals surface area contributed by atoms with Gasteiger partial charge in [-0.2, -0.15) is 0 Å². The van der Waals surface area contributed by atoms with Gasteiger partial charge in [0.15, 0.2) is 0 Å². The van der Waals surface area contributed by atoms with Gasteiger partial charge in [-0.15, -0.1) is 0 Å². The molecule has 0 radical (unpaired) electrons. The van der Waals surface area contributed by atoms with Crippen molar-refractivity contribution in [2.45, 2.75) is 12.8 Å². The molecule has 1 heterocycles. The lowest BCUT2D eigenvalue weighted by Crippen LogP contribution is -2.13. The lowest BCUT2D eigenvalue weighted by atomic mass is 9.99. The van der Waals surface area contributed by atoms with Crippen LogP contribution < -0.4 is 0 Å². The first-order valence-corrected chi connectivity index (χ1v) is 5.74. The highest BCUT2D eigenvalue weighted by molar-refractivity contribution is 6.32. The molecule has 15 heavy (non-hydrogen) atoms. The second-order valence-electron chi connectivity index (χ2n) is 3.83. The maximum atomic E-state index is 6.07. The summed E-state index contributed by atoms with van der Waals surface area (Å²) in [6, 6.07) is 7.92. The van der Waals surface area contributed by atoms with Crippen LogP contribution in [0.5, 0.6) is 0 Å². The van der Waals surface area contributed by atoms with Crippen molar-refractivity contribution in [3.63, 3.8) is 0 Å². The van der Waals surface area contributed by atoms with Crippen LogP contribution in [0.25, 0.3) is 6.08 Å². The highest BCUT2D eigenvalue weighted by Gasteiger charge is 2.09. The first-order chi connectivity index (χ1) is 7.36. The van der Waals surface area contributed by atoms with Crippen molar-refractivity contribution in [3.05, 3.63) is 40.9 Å². The molecular weight excluding hydrogens is 208 g/mol. The van der Waals surface area contributed by atoms with Crippen LogP contribution in [0.3, 0.4) is 0 Å². The monoisotopic (exact) mass is 222 g/mol. The zero-order valence-corrected chi connectivity index (χ0v) is 9.41. The molecular formula is C13H15ClO. The number of hydrogen-bond donors (Lipinski definition) is 0. The van der Waals surface area contributed by atoms with Crippen molar-refractivity contribution < 1.29 is 4.74 Å². The quantitative estimate of drug-likeness (QED) is 0.740. The van der Waals surface area contributed by atoms with Crippen molar-refractivity contribution >= 4 is 17.7 Å². The van der Waals surface area contributed by atoms with E-state index in [-0.39, 0.29) is 0 Å². The standard InChI is InChI=1S/C13H15ClO/c14-13-4-2-1-3-12(13)6-5-11-7-9-15-10-8-11/h1-6,11H,7-10H2. The van der Waals surface area contributed by atoms with Gasteiger partial charge in [-0.3, -0.25) is 0 Å². The van der Waals surface area contributed by atoms with E-state index >= 15 is 0 Å². The predicted octanol–water partition coefficient (Wildman–Crippen LogP) is 3.78. The molecule has 0 spiro atoms. The van der Waals surface area contributed by atoms with Gasteiger partial charge in [0.2, 0.25) is 0 Å². The smallest absolute Gasteiger partial charge is 0.0478 e. The van der Waals surface area contributed by atoms with Crippen LogP contribution in [0.1, 0.15) is 18.4 Å². The van der Waals surface area contributed by atoms with Crippen molar-refractivity contribution in [2.24, 2.45) is 5.92 Å². The van der Waals surface area contributed by atoms with Crippen molar-refractivity contribution in [3.8, 4) is 0 Å². The summed E-state index contributed by atoms with van der Waals surface area (Å²) in [5, 5.41) is 0.820. The zero-order chi connectivity index (χ0) is 10.5. The molecule has 2 heteroatoms. The lowest BCUT2D eigenvalue weighted by molar-refractivity contribution is 0.0787. The minimum absolute atomic E-state index is 0.648. The average molecular weight is 223 g/mol. The summed E-state index contributed by atoms with van der Waals surface area (Å²) in [6.45, 7) is 1.77. The molecule has 0 amide bonds. The molecule has 1 nitrogen and oxygen atoms in total. The summed E-state index contributed by atoms with van der Waals surface area (Å²) in [5.41, 5.74) is 1.10. The molecule has 80 valence electrons. The summed E-state index contributed by atoms with van der Waals surface area (Å²) < 4.78 is 5.32. The van der Waals surface area contributed by atoms with E-state index < -0.39 is 0 Å².